The topological polar surface area (TPSA) is 38.9 Å². The van der Waals surface area contributed by atoms with Gasteiger partial charge in [-0.2, -0.15) is 0 Å². The van der Waals surface area contributed by atoms with Crippen LogP contribution >= 0.6 is 0 Å². The molecule has 3 rings (SSSR count). The summed E-state index contributed by atoms with van der Waals surface area (Å²) in [5.74, 6) is 0. The van der Waals surface area contributed by atoms with Crippen LogP contribution in [0.4, 0.5) is 0 Å². The monoisotopic (exact) mass is 262 g/mol. The maximum atomic E-state index is 6.41. The molecule has 1 heterocycles. The molecule has 2 heteroatoms. The first-order valence-electron chi connectivity index (χ1n) is 6.84. The summed E-state index contributed by atoms with van der Waals surface area (Å²) in [5.41, 5.74) is 12.0. The van der Waals surface area contributed by atoms with E-state index in [1.54, 1.807) is 0 Å². The van der Waals surface area contributed by atoms with Crippen molar-refractivity contribution in [3.63, 3.8) is 0 Å². The summed E-state index contributed by atoms with van der Waals surface area (Å²) >= 11 is 0. The Morgan fingerprint density at radius 1 is 0.900 bits per heavy atom. The molecule has 2 aromatic carbocycles. The summed E-state index contributed by atoms with van der Waals surface area (Å²) in [6.07, 6.45) is 0. The van der Waals surface area contributed by atoms with Crippen LogP contribution in [0.25, 0.3) is 10.9 Å². The molecule has 1 aromatic heterocycles. The van der Waals surface area contributed by atoms with Gasteiger partial charge in [0, 0.05) is 5.39 Å². The molecule has 0 aliphatic rings. The van der Waals surface area contributed by atoms with Crippen LogP contribution in [0.1, 0.15) is 28.4 Å². The van der Waals surface area contributed by atoms with Crippen molar-refractivity contribution in [1.29, 1.82) is 0 Å². The van der Waals surface area contributed by atoms with Crippen LogP contribution in [0.15, 0.2) is 54.6 Å². The first kappa shape index (κ1) is 12.8. The number of nitrogens with two attached hydrogens (primary N) is 1. The summed E-state index contributed by atoms with van der Waals surface area (Å²) in [5, 5.41) is 1.14. The molecule has 0 bridgehead atoms. The maximum absolute atomic E-state index is 6.41. The number of rotatable bonds is 2. The van der Waals surface area contributed by atoms with Crippen LogP contribution < -0.4 is 5.73 Å². The summed E-state index contributed by atoms with van der Waals surface area (Å²) in [4.78, 5) is 4.70. The van der Waals surface area contributed by atoms with Crippen molar-refractivity contribution >= 4 is 10.9 Å². The SMILES string of the molecule is Cc1cccc(C(N)c2ccc3ccccc3n2)c1C. The highest BCUT2D eigenvalue weighted by Gasteiger charge is 2.13. The normalized spacial score (nSPS) is 12.6. The average Bonchev–Trinajstić information content (AvgIpc) is 2.49. The number of nitrogens with zero attached hydrogens (tertiary/aromatic N) is 1. The zero-order valence-corrected chi connectivity index (χ0v) is 11.8. The number of para-hydroxylation sites is 1. The van der Waals surface area contributed by atoms with Crippen molar-refractivity contribution in [3.8, 4) is 0 Å². The Labute approximate surface area is 119 Å². The Kier molecular flexibility index (Phi) is 3.25. The highest BCUT2D eigenvalue weighted by Crippen LogP contribution is 2.24. The number of pyridine rings is 1. The predicted molar refractivity (Wildman–Crippen MR) is 83.7 cm³/mol. The van der Waals surface area contributed by atoms with Gasteiger partial charge in [0.2, 0.25) is 0 Å². The zero-order chi connectivity index (χ0) is 14.1. The summed E-state index contributed by atoms with van der Waals surface area (Å²) < 4.78 is 0. The van der Waals surface area contributed by atoms with Gasteiger partial charge in [0.1, 0.15) is 0 Å². The molecule has 100 valence electrons. The molecule has 0 amide bonds. The molecule has 1 unspecified atom stereocenters. The maximum Gasteiger partial charge on any atom is 0.0729 e. The quantitative estimate of drug-likeness (QED) is 0.760. The molecule has 1 atom stereocenters. The van der Waals surface area contributed by atoms with Crippen LogP contribution in [0.5, 0.6) is 0 Å². The van der Waals surface area contributed by atoms with E-state index in [2.05, 4.69) is 44.2 Å². The van der Waals surface area contributed by atoms with Crippen molar-refractivity contribution in [2.75, 3.05) is 0 Å². The van der Waals surface area contributed by atoms with Crippen LogP contribution in [0.3, 0.4) is 0 Å². The van der Waals surface area contributed by atoms with Crippen molar-refractivity contribution in [2.45, 2.75) is 19.9 Å². The third-order valence-electron chi connectivity index (χ3n) is 3.92. The summed E-state index contributed by atoms with van der Waals surface area (Å²) in [6, 6.07) is 18.3. The lowest BCUT2D eigenvalue weighted by Gasteiger charge is -2.16. The van der Waals surface area contributed by atoms with E-state index in [0.29, 0.717) is 0 Å². The van der Waals surface area contributed by atoms with E-state index < -0.39 is 0 Å². The van der Waals surface area contributed by atoms with E-state index in [1.807, 2.05) is 24.3 Å². The Bertz CT molecular complexity index is 762. The fourth-order valence-corrected chi connectivity index (χ4v) is 2.53. The van der Waals surface area contributed by atoms with Gasteiger partial charge in [-0.15, -0.1) is 0 Å². The molecule has 0 aliphatic carbocycles. The summed E-state index contributed by atoms with van der Waals surface area (Å²) in [6.45, 7) is 4.23. The fourth-order valence-electron chi connectivity index (χ4n) is 2.53. The zero-order valence-electron chi connectivity index (χ0n) is 11.8. The van der Waals surface area contributed by atoms with Crippen LogP contribution in [-0.4, -0.2) is 4.98 Å². The molecule has 0 spiro atoms. The van der Waals surface area contributed by atoms with E-state index in [0.717, 1.165) is 22.2 Å². The van der Waals surface area contributed by atoms with Gasteiger partial charge in [0.15, 0.2) is 0 Å². The second-order valence-corrected chi connectivity index (χ2v) is 5.20. The van der Waals surface area contributed by atoms with E-state index in [9.17, 15) is 0 Å². The number of fused-ring (bicyclic) bond motifs is 1. The molecular weight excluding hydrogens is 244 g/mol. The van der Waals surface area contributed by atoms with Crippen molar-refractivity contribution in [3.05, 3.63) is 77.0 Å². The minimum Gasteiger partial charge on any atom is -0.319 e. The van der Waals surface area contributed by atoms with E-state index in [1.165, 1.54) is 11.1 Å². The second kappa shape index (κ2) is 5.06. The molecule has 0 aliphatic heterocycles. The molecule has 0 fully saturated rings. The van der Waals surface area contributed by atoms with Crippen molar-refractivity contribution < 1.29 is 0 Å². The Hall–Kier alpha value is -2.19. The highest BCUT2D eigenvalue weighted by molar-refractivity contribution is 5.78. The number of hydrogen-bond donors (Lipinski definition) is 1. The van der Waals surface area contributed by atoms with Crippen LogP contribution in [0.2, 0.25) is 0 Å². The molecule has 3 aromatic rings. The number of hydrogen-bond acceptors (Lipinski definition) is 2. The molecule has 0 saturated heterocycles. The van der Waals surface area contributed by atoms with E-state index in [-0.39, 0.29) is 6.04 Å². The van der Waals surface area contributed by atoms with Gasteiger partial charge in [0.05, 0.1) is 17.3 Å². The standard InChI is InChI=1S/C18H18N2/c1-12-6-5-8-15(13(12)2)18(19)17-11-10-14-7-3-4-9-16(14)20-17/h3-11,18H,19H2,1-2H3. The predicted octanol–water partition coefficient (Wildman–Crippen LogP) is 3.90. The molecule has 20 heavy (non-hydrogen) atoms. The van der Waals surface area contributed by atoms with Gasteiger partial charge in [-0.3, -0.25) is 4.98 Å². The van der Waals surface area contributed by atoms with E-state index >= 15 is 0 Å². The third kappa shape index (κ3) is 2.19. The van der Waals surface area contributed by atoms with Crippen molar-refractivity contribution in [1.82, 2.24) is 4.98 Å². The lowest BCUT2D eigenvalue weighted by molar-refractivity contribution is 0.826. The first-order valence-corrected chi connectivity index (χ1v) is 6.84. The van der Waals surface area contributed by atoms with Gasteiger partial charge in [-0.1, -0.05) is 42.5 Å². The Morgan fingerprint density at radius 2 is 1.70 bits per heavy atom. The number of aromatic nitrogens is 1. The average molecular weight is 262 g/mol. The molecule has 0 saturated carbocycles. The molecular formula is C18H18N2. The smallest absolute Gasteiger partial charge is 0.0729 e. The minimum atomic E-state index is -0.181. The van der Waals surface area contributed by atoms with Crippen LogP contribution in [0, 0.1) is 13.8 Å². The molecule has 2 nitrogen and oxygen atoms in total. The lowest BCUT2D eigenvalue weighted by atomic mass is 9.95. The Morgan fingerprint density at radius 3 is 2.55 bits per heavy atom. The van der Waals surface area contributed by atoms with Crippen LogP contribution in [-0.2, 0) is 0 Å². The van der Waals surface area contributed by atoms with Gasteiger partial charge in [-0.05, 0) is 42.7 Å². The minimum absolute atomic E-state index is 0.181. The van der Waals surface area contributed by atoms with E-state index in [4.69, 9.17) is 10.7 Å². The van der Waals surface area contributed by atoms with Gasteiger partial charge in [0.25, 0.3) is 0 Å². The largest absolute Gasteiger partial charge is 0.319 e. The Balaban J connectivity index is 2.08. The molecule has 0 radical (unpaired) electrons. The number of benzene rings is 2. The number of aryl methyl sites for hydroxylation is 1. The van der Waals surface area contributed by atoms with Gasteiger partial charge < -0.3 is 5.73 Å². The van der Waals surface area contributed by atoms with Gasteiger partial charge in [-0.25, -0.2) is 0 Å². The second-order valence-electron chi connectivity index (χ2n) is 5.20. The first-order chi connectivity index (χ1) is 9.66. The van der Waals surface area contributed by atoms with Crippen molar-refractivity contribution in [2.24, 2.45) is 5.73 Å². The highest BCUT2D eigenvalue weighted by atomic mass is 14.8. The summed E-state index contributed by atoms with van der Waals surface area (Å²) in [7, 11) is 0. The molecule has 2 N–H and O–H groups in total. The fraction of sp³-hybridized carbons (Fsp3) is 0.167. The lowest BCUT2D eigenvalue weighted by Crippen LogP contribution is -2.15. The van der Waals surface area contributed by atoms with Gasteiger partial charge >= 0.3 is 0 Å². The third-order valence-corrected chi connectivity index (χ3v) is 3.92.